The van der Waals surface area contributed by atoms with Crippen LogP contribution in [-0.2, 0) is 0 Å². The van der Waals surface area contributed by atoms with Crippen molar-refractivity contribution in [2.75, 3.05) is 19.0 Å². The summed E-state index contributed by atoms with van der Waals surface area (Å²) in [6.07, 6.45) is 5.27. The topological polar surface area (TPSA) is 32.3 Å². The zero-order chi connectivity index (χ0) is 16.6. The van der Waals surface area contributed by atoms with Crippen LogP contribution in [0.1, 0.15) is 33.1 Å². The van der Waals surface area contributed by atoms with Crippen molar-refractivity contribution in [1.82, 2.24) is 14.9 Å². The molecule has 2 aromatic rings. The molecule has 2 aromatic heterocycles. The van der Waals surface area contributed by atoms with Gasteiger partial charge in [0, 0.05) is 42.8 Å². The van der Waals surface area contributed by atoms with Gasteiger partial charge in [0.2, 0.25) is 0 Å². The third kappa shape index (κ3) is 3.15. The van der Waals surface area contributed by atoms with Gasteiger partial charge < -0.3 is 9.80 Å². The van der Waals surface area contributed by atoms with Crippen molar-refractivity contribution in [3.05, 3.63) is 29.5 Å². The Balaban J connectivity index is 1.95. The van der Waals surface area contributed by atoms with E-state index in [1.165, 1.54) is 6.42 Å². The molecule has 0 aromatic carbocycles. The minimum Gasteiger partial charge on any atom is -0.356 e. The molecule has 0 spiro atoms. The van der Waals surface area contributed by atoms with Gasteiger partial charge in [-0.25, -0.2) is 4.98 Å². The van der Waals surface area contributed by atoms with Gasteiger partial charge in [0.05, 0.1) is 5.52 Å². The molecular weight excluding hydrogens is 308 g/mol. The molecule has 0 bridgehead atoms. The summed E-state index contributed by atoms with van der Waals surface area (Å²) in [7, 11) is 4.38. The highest BCUT2D eigenvalue weighted by Gasteiger charge is 2.32. The van der Waals surface area contributed by atoms with Crippen LogP contribution >= 0.6 is 11.6 Å². The molecule has 0 aliphatic carbocycles. The summed E-state index contributed by atoms with van der Waals surface area (Å²) in [5, 5.41) is 1.57. The zero-order valence-electron chi connectivity index (χ0n) is 14.3. The first-order valence-corrected chi connectivity index (χ1v) is 8.75. The molecule has 0 saturated carbocycles. The second kappa shape index (κ2) is 6.62. The summed E-state index contributed by atoms with van der Waals surface area (Å²) in [5.41, 5.74) is 0.905. The molecule has 0 N–H and O–H groups in total. The largest absolute Gasteiger partial charge is 0.356 e. The van der Waals surface area contributed by atoms with Crippen LogP contribution in [0.2, 0.25) is 5.15 Å². The third-order valence-corrected chi connectivity index (χ3v) is 5.52. The average molecular weight is 333 g/mol. The maximum absolute atomic E-state index is 6.23. The number of halogens is 1. The number of fused-ring (bicyclic) bond motifs is 1. The smallest absolute Gasteiger partial charge is 0.139 e. The Morgan fingerprint density at radius 1 is 1.39 bits per heavy atom. The minimum atomic E-state index is 0.473. The second-order valence-electron chi connectivity index (χ2n) is 6.65. The minimum absolute atomic E-state index is 0.473. The van der Waals surface area contributed by atoms with Crippen molar-refractivity contribution in [2.45, 2.75) is 51.2 Å². The first-order valence-electron chi connectivity index (χ1n) is 8.37. The average Bonchev–Trinajstić information content (AvgIpc) is 2.55. The fourth-order valence-electron chi connectivity index (χ4n) is 3.74. The van der Waals surface area contributed by atoms with Gasteiger partial charge in [-0.15, -0.1) is 0 Å². The highest BCUT2D eigenvalue weighted by molar-refractivity contribution is 6.30. The van der Waals surface area contributed by atoms with E-state index in [1.54, 1.807) is 6.20 Å². The number of anilines is 1. The Labute approximate surface area is 143 Å². The summed E-state index contributed by atoms with van der Waals surface area (Å²) >= 11 is 6.23. The van der Waals surface area contributed by atoms with E-state index in [2.05, 4.69) is 53.8 Å². The Morgan fingerprint density at radius 2 is 2.17 bits per heavy atom. The van der Waals surface area contributed by atoms with Crippen molar-refractivity contribution in [3.63, 3.8) is 0 Å². The molecule has 3 heterocycles. The molecule has 3 rings (SSSR count). The van der Waals surface area contributed by atoms with E-state index in [0.717, 1.165) is 29.6 Å². The Morgan fingerprint density at radius 3 is 2.91 bits per heavy atom. The van der Waals surface area contributed by atoms with Crippen LogP contribution in [0, 0.1) is 0 Å². The van der Waals surface area contributed by atoms with Crippen LogP contribution in [0.4, 0.5) is 5.82 Å². The maximum atomic E-state index is 6.23. The second-order valence-corrected chi connectivity index (χ2v) is 7.04. The van der Waals surface area contributed by atoms with E-state index in [0.29, 0.717) is 23.3 Å². The van der Waals surface area contributed by atoms with Gasteiger partial charge in [-0.2, -0.15) is 0 Å². The van der Waals surface area contributed by atoms with Gasteiger partial charge >= 0.3 is 0 Å². The number of hydrogen-bond acceptors (Lipinski definition) is 4. The lowest BCUT2D eigenvalue weighted by Gasteiger charge is -2.45. The normalized spacial score (nSPS) is 25.7. The van der Waals surface area contributed by atoms with E-state index in [1.807, 2.05) is 12.1 Å². The summed E-state index contributed by atoms with van der Waals surface area (Å²) in [5.74, 6) is 0.942. The van der Waals surface area contributed by atoms with Crippen molar-refractivity contribution in [1.29, 1.82) is 0 Å². The van der Waals surface area contributed by atoms with Crippen LogP contribution < -0.4 is 4.90 Å². The Bertz CT molecular complexity index is 690. The summed E-state index contributed by atoms with van der Waals surface area (Å²) < 4.78 is 0. The molecule has 124 valence electrons. The van der Waals surface area contributed by atoms with Gasteiger partial charge in [-0.1, -0.05) is 18.5 Å². The number of nitrogens with zero attached hydrogens (tertiary/aromatic N) is 4. The molecule has 3 unspecified atom stereocenters. The molecule has 1 saturated heterocycles. The van der Waals surface area contributed by atoms with Gasteiger partial charge in [0.15, 0.2) is 0 Å². The summed E-state index contributed by atoms with van der Waals surface area (Å²) in [6, 6.07) is 7.54. The van der Waals surface area contributed by atoms with Crippen LogP contribution in [0.3, 0.4) is 0 Å². The lowest BCUT2D eigenvalue weighted by atomic mass is 9.90. The molecule has 5 heteroatoms. The van der Waals surface area contributed by atoms with E-state index < -0.39 is 0 Å². The molecule has 3 atom stereocenters. The molecule has 4 nitrogen and oxygen atoms in total. The first-order chi connectivity index (χ1) is 11.0. The monoisotopic (exact) mass is 332 g/mol. The van der Waals surface area contributed by atoms with E-state index in [9.17, 15) is 0 Å². The molecule has 0 amide bonds. The first kappa shape index (κ1) is 16.5. The molecule has 1 aliphatic rings. The number of piperidine rings is 1. The van der Waals surface area contributed by atoms with E-state index in [-0.39, 0.29) is 0 Å². The standard InChI is InChI=1S/C18H25ClN4/c1-5-13-10-14(9-12(2)22(13)3)23(4)18-15-7-6-8-20-16(15)11-17(19)21-18/h6-8,11-14H,5,9-10H2,1-4H3. The summed E-state index contributed by atoms with van der Waals surface area (Å²) in [6.45, 7) is 4.58. The molecule has 23 heavy (non-hydrogen) atoms. The molecule has 0 radical (unpaired) electrons. The maximum Gasteiger partial charge on any atom is 0.139 e. The highest BCUT2D eigenvalue weighted by atomic mass is 35.5. The fraction of sp³-hybridized carbons (Fsp3) is 0.556. The number of aromatic nitrogens is 2. The van der Waals surface area contributed by atoms with Crippen LogP contribution in [0.5, 0.6) is 0 Å². The zero-order valence-corrected chi connectivity index (χ0v) is 15.1. The fourth-order valence-corrected chi connectivity index (χ4v) is 3.92. The van der Waals surface area contributed by atoms with Gasteiger partial charge in [0.25, 0.3) is 0 Å². The third-order valence-electron chi connectivity index (χ3n) is 5.33. The van der Waals surface area contributed by atoms with Crippen LogP contribution in [0.25, 0.3) is 10.9 Å². The number of rotatable bonds is 3. The van der Waals surface area contributed by atoms with E-state index in [4.69, 9.17) is 11.6 Å². The molecular formula is C18H25ClN4. The van der Waals surface area contributed by atoms with Crippen LogP contribution in [-0.4, -0.2) is 47.1 Å². The van der Waals surface area contributed by atoms with Gasteiger partial charge in [-0.3, -0.25) is 4.98 Å². The summed E-state index contributed by atoms with van der Waals surface area (Å²) in [4.78, 5) is 13.9. The molecule has 1 aliphatic heterocycles. The van der Waals surface area contributed by atoms with Gasteiger partial charge in [0.1, 0.15) is 11.0 Å². The Kier molecular flexibility index (Phi) is 4.74. The van der Waals surface area contributed by atoms with Crippen molar-refractivity contribution >= 4 is 28.3 Å². The number of pyridine rings is 2. The predicted octanol–water partition coefficient (Wildman–Crippen LogP) is 3.98. The molecule has 1 fully saturated rings. The predicted molar refractivity (Wildman–Crippen MR) is 97.3 cm³/mol. The lowest BCUT2D eigenvalue weighted by Crippen LogP contribution is -2.51. The van der Waals surface area contributed by atoms with Crippen molar-refractivity contribution < 1.29 is 0 Å². The quantitative estimate of drug-likeness (QED) is 0.796. The number of hydrogen-bond donors (Lipinski definition) is 0. The number of likely N-dealkylation sites (tertiary alicyclic amines) is 1. The van der Waals surface area contributed by atoms with E-state index >= 15 is 0 Å². The SMILES string of the molecule is CCC1CC(N(C)c2nc(Cl)cc3ncccc23)CC(C)N1C. The highest BCUT2D eigenvalue weighted by Crippen LogP contribution is 2.32. The van der Waals surface area contributed by atoms with Gasteiger partial charge in [-0.05, 0) is 45.4 Å². The van der Waals surface area contributed by atoms with Crippen LogP contribution in [0.15, 0.2) is 24.4 Å². The van der Waals surface area contributed by atoms with Crippen molar-refractivity contribution in [3.8, 4) is 0 Å². The lowest BCUT2D eigenvalue weighted by molar-refractivity contribution is 0.108. The van der Waals surface area contributed by atoms with Crippen molar-refractivity contribution in [2.24, 2.45) is 0 Å². The Hall–Kier alpha value is -1.39.